The van der Waals surface area contributed by atoms with Crippen LogP contribution in [0, 0.1) is 34.5 Å². The Morgan fingerprint density at radius 1 is 1.28 bits per heavy atom. The van der Waals surface area contributed by atoms with E-state index < -0.39 is 0 Å². The molecule has 0 radical (unpaired) electrons. The third-order valence-electron chi connectivity index (χ3n) is 5.39. The van der Waals surface area contributed by atoms with Crippen molar-refractivity contribution in [3.8, 4) is 6.07 Å². The fourth-order valence-electron chi connectivity index (χ4n) is 4.93. The topological polar surface area (TPSA) is 52.9 Å². The fraction of sp³-hybridized carbons (Fsp3) is 0.867. The van der Waals surface area contributed by atoms with E-state index in [0.29, 0.717) is 6.42 Å². The van der Waals surface area contributed by atoms with Crippen molar-refractivity contribution in [2.75, 3.05) is 0 Å². The van der Waals surface area contributed by atoms with Crippen LogP contribution >= 0.6 is 0 Å². The highest BCUT2D eigenvalue weighted by Crippen LogP contribution is 2.60. The van der Waals surface area contributed by atoms with Crippen LogP contribution in [0.2, 0.25) is 0 Å². The molecule has 4 aliphatic rings. The van der Waals surface area contributed by atoms with Gasteiger partial charge in [0.2, 0.25) is 5.91 Å². The van der Waals surface area contributed by atoms with Crippen LogP contribution in [0.3, 0.4) is 0 Å². The van der Waals surface area contributed by atoms with Crippen LogP contribution in [-0.4, -0.2) is 11.9 Å². The number of hydrogen-bond acceptors (Lipinski definition) is 2. The van der Waals surface area contributed by atoms with E-state index in [2.05, 4.69) is 11.4 Å². The van der Waals surface area contributed by atoms with Gasteiger partial charge in [-0.1, -0.05) is 6.92 Å². The van der Waals surface area contributed by atoms with Gasteiger partial charge in [-0.2, -0.15) is 5.26 Å². The Labute approximate surface area is 109 Å². The van der Waals surface area contributed by atoms with Gasteiger partial charge < -0.3 is 5.32 Å². The SMILES string of the molecule is CCC(C#N)NC(=O)C12CC3CC(CC(C3)C1)C2. The van der Waals surface area contributed by atoms with Gasteiger partial charge in [-0.25, -0.2) is 0 Å². The van der Waals surface area contributed by atoms with Gasteiger partial charge in [0.25, 0.3) is 0 Å². The second-order valence-corrected chi connectivity index (χ2v) is 6.76. The van der Waals surface area contributed by atoms with E-state index in [-0.39, 0.29) is 17.4 Å². The number of nitrogens with zero attached hydrogens (tertiary/aromatic N) is 1. The molecule has 4 bridgehead atoms. The molecule has 0 spiro atoms. The maximum atomic E-state index is 12.6. The third-order valence-corrected chi connectivity index (χ3v) is 5.39. The van der Waals surface area contributed by atoms with Crippen molar-refractivity contribution >= 4 is 5.91 Å². The van der Waals surface area contributed by atoms with Gasteiger partial charge in [-0.15, -0.1) is 0 Å². The minimum absolute atomic E-state index is 0.112. The number of rotatable bonds is 3. The molecule has 98 valence electrons. The van der Waals surface area contributed by atoms with Crippen LogP contribution in [0.1, 0.15) is 51.9 Å². The lowest BCUT2D eigenvalue weighted by Gasteiger charge is -2.55. The zero-order chi connectivity index (χ0) is 12.8. The molecule has 0 aromatic heterocycles. The molecule has 0 aliphatic heterocycles. The standard InChI is InChI=1S/C15H22N2O/c1-2-13(9-16)17-14(18)15-6-10-3-11(7-15)5-12(4-10)8-15/h10-13H,2-8H2,1H3,(H,17,18). The molecule has 4 fully saturated rings. The van der Waals surface area contributed by atoms with Gasteiger partial charge in [0.05, 0.1) is 6.07 Å². The number of carbonyl (C=O) groups excluding carboxylic acids is 1. The van der Waals surface area contributed by atoms with Crippen molar-refractivity contribution in [1.29, 1.82) is 5.26 Å². The van der Waals surface area contributed by atoms with E-state index in [1.54, 1.807) is 0 Å². The van der Waals surface area contributed by atoms with E-state index in [9.17, 15) is 4.79 Å². The summed E-state index contributed by atoms with van der Waals surface area (Å²) in [5.74, 6) is 2.52. The summed E-state index contributed by atoms with van der Waals surface area (Å²) in [6, 6.07) is 1.88. The van der Waals surface area contributed by atoms with Crippen molar-refractivity contribution in [3.63, 3.8) is 0 Å². The first kappa shape index (κ1) is 12.0. The Kier molecular flexibility index (Phi) is 2.84. The Morgan fingerprint density at radius 3 is 2.17 bits per heavy atom. The maximum absolute atomic E-state index is 12.6. The lowest BCUT2D eigenvalue weighted by Crippen LogP contribution is -2.55. The Balaban J connectivity index is 1.75. The van der Waals surface area contributed by atoms with Crippen molar-refractivity contribution < 1.29 is 4.79 Å². The van der Waals surface area contributed by atoms with Gasteiger partial charge in [0, 0.05) is 5.41 Å². The molecule has 4 saturated carbocycles. The monoisotopic (exact) mass is 246 g/mol. The molecule has 3 heteroatoms. The molecule has 0 saturated heterocycles. The molecule has 0 aromatic rings. The number of nitriles is 1. The van der Waals surface area contributed by atoms with Crippen LogP contribution in [-0.2, 0) is 4.79 Å². The first-order chi connectivity index (χ1) is 8.65. The van der Waals surface area contributed by atoms with E-state index in [0.717, 1.165) is 37.0 Å². The van der Waals surface area contributed by atoms with Crippen molar-refractivity contribution in [3.05, 3.63) is 0 Å². The van der Waals surface area contributed by atoms with E-state index >= 15 is 0 Å². The first-order valence-electron chi connectivity index (χ1n) is 7.36. The lowest BCUT2D eigenvalue weighted by molar-refractivity contribution is -0.146. The molecule has 3 nitrogen and oxygen atoms in total. The van der Waals surface area contributed by atoms with Crippen molar-refractivity contribution in [2.24, 2.45) is 23.2 Å². The quantitative estimate of drug-likeness (QED) is 0.832. The molecule has 1 amide bonds. The summed E-state index contributed by atoms with van der Waals surface area (Å²) in [6.07, 6.45) is 7.98. The first-order valence-corrected chi connectivity index (χ1v) is 7.36. The summed E-state index contributed by atoms with van der Waals surface area (Å²) in [5.41, 5.74) is -0.112. The van der Waals surface area contributed by atoms with Crippen LogP contribution < -0.4 is 5.32 Å². The molecular weight excluding hydrogens is 224 g/mol. The number of amides is 1. The Hall–Kier alpha value is -1.04. The second-order valence-electron chi connectivity index (χ2n) is 6.76. The highest BCUT2D eigenvalue weighted by molar-refractivity contribution is 5.83. The number of hydrogen-bond donors (Lipinski definition) is 1. The summed E-state index contributed by atoms with van der Waals surface area (Å²) in [5, 5.41) is 12.0. The summed E-state index contributed by atoms with van der Waals surface area (Å²) < 4.78 is 0. The molecule has 0 aromatic carbocycles. The fourth-order valence-corrected chi connectivity index (χ4v) is 4.93. The molecule has 18 heavy (non-hydrogen) atoms. The van der Waals surface area contributed by atoms with Crippen LogP contribution in [0.25, 0.3) is 0 Å². The minimum Gasteiger partial charge on any atom is -0.340 e. The molecule has 1 unspecified atom stereocenters. The largest absolute Gasteiger partial charge is 0.340 e. The van der Waals surface area contributed by atoms with Crippen molar-refractivity contribution in [1.82, 2.24) is 5.32 Å². The van der Waals surface area contributed by atoms with Gasteiger partial charge >= 0.3 is 0 Å². The maximum Gasteiger partial charge on any atom is 0.227 e. The zero-order valence-corrected chi connectivity index (χ0v) is 11.1. The van der Waals surface area contributed by atoms with Crippen LogP contribution in [0.4, 0.5) is 0 Å². The minimum atomic E-state index is -0.300. The Bertz CT molecular complexity index is 361. The van der Waals surface area contributed by atoms with Crippen LogP contribution in [0.5, 0.6) is 0 Å². The molecule has 0 heterocycles. The number of carbonyl (C=O) groups is 1. The lowest BCUT2D eigenvalue weighted by atomic mass is 9.49. The third kappa shape index (κ3) is 1.83. The highest BCUT2D eigenvalue weighted by atomic mass is 16.2. The average Bonchev–Trinajstić information content (AvgIpc) is 2.34. The normalized spacial score (nSPS) is 42.3. The summed E-state index contributed by atoms with van der Waals surface area (Å²) >= 11 is 0. The van der Waals surface area contributed by atoms with E-state index in [1.165, 1.54) is 19.3 Å². The van der Waals surface area contributed by atoms with E-state index in [1.807, 2.05) is 6.92 Å². The van der Waals surface area contributed by atoms with Gasteiger partial charge in [0.15, 0.2) is 0 Å². The summed E-state index contributed by atoms with van der Waals surface area (Å²) in [6.45, 7) is 1.95. The van der Waals surface area contributed by atoms with Crippen molar-refractivity contribution in [2.45, 2.75) is 57.9 Å². The summed E-state index contributed by atoms with van der Waals surface area (Å²) in [7, 11) is 0. The summed E-state index contributed by atoms with van der Waals surface area (Å²) in [4.78, 5) is 12.6. The Morgan fingerprint density at radius 2 is 1.78 bits per heavy atom. The molecule has 1 atom stereocenters. The molecule has 1 N–H and O–H groups in total. The number of nitrogens with one attached hydrogen (secondary N) is 1. The highest BCUT2D eigenvalue weighted by Gasteiger charge is 2.54. The zero-order valence-electron chi connectivity index (χ0n) is 11.1. The molecule has 4 aliphatic carbocycles. The smallest absolute Gasteiger partial charge is 0.227 e. The van der Waals surface area contributed by atoms with Gasteiger partial charge in [-0.3, -0.25) is 4.79 Å². The predicted molar refractivity (Wildman–Crippen MR) is 68.4 cm³/mol. The van der Waals surface area contributed by atoms with E-state index in [4.69, 9.17) is 5.26 Å². The second kappa shape index (κ2) is 4.26. The molecular formula is C15H22N2O. The average molecular weight is 246 g/mol. The van der Waals surface area contributed by atoms with Gasteiger partial charge in [0.1, 0.15) is 6.04 Å². The van der Waals surface area contributed by atoms with Gasteiger partial charge in [-0.05, 0) is 62.7 Å². The predicted octanol–water partition coefficient (Wildman–Crippen LogP) is 2.62. The van der Waals surface area contributed by atoms with Crippen LogP contribution in [0.15, 0.2) is 0 Å². The molecule has 4 rings (SSSR count).